The summed E-state index contributed by atoms with van der Waals surface area (Å²) in [5.41, 5.74) is 1.75. The van der Waals surface area contributed by atoms with Crippen LogP contribution in [-0.4, -0.2) is 30.8 Å². The van der Waals surface area contributed by atoms with Crippen LogP contribution in [0.5, 0.6) is 5.75 Å². The Hall–Kier alpha value is -2.47. The first-order valence-corrected chi connectivity index (χ1v) is 9.55. The Kier molecular flexibility index (Phi) is 6.29. The number of ether oxygens (including phenoxy) is 4. The summed E-state index contributed by atoms with van der Waals surface area (Å²) < 4.78 is 21.6. The maximum atomic E-state index is 12.8. The molecule has 0 bridgehead atoms. The second-order valence-electron chi connectivity index (χ2n) is 7.00. The lowest BCUT2D eigenvalue weighted by molar-refractivity contribution is -0.132. The highest BCUT2D eigenvalue weighted by molar-refractivity contribution is 6.32. The molecule has 0 amide bonds. The number of fused-ring (bicyclic) bond motifs is 1. The maximum absolute atomic E-state index is 12.8. The number of benzene rings is 1. The van der Waals surface area contributed by atoms with Crippen LogP contribution >= 0.6 is 11.6 Å². The van der Waals surface area contributed by atoms with E-state index in [2.05, 4.69) is 6.58 Å². The number of ketones is 1. The minimum absolute atomic E-state index is 0.0969. The molecule has 3 atom stereocenters. The number of allylic oxidation sites excluding steroid dienone is 1. The van der Waals surface area contributed by atoms with Gasteiger partial charge in [-0.3, -0.25) is 4.79 Å². The van der Waals surface area contributed by atoms with Gasteiger partial charge in [0.05, 0.1) is 5.92 Å². The van der Waals surface area contributed by atoms with Crippen LogP contribution in [-0.2, 0) is 19.0 Å². The van der Waals surface area contributed by atoms with Crippen molar-refractivity contribution in [1.29, 1.82) is 0 Å². The van der Waals surface area contributed by atoms with E-state index in [-0.39, 0.29) is 36.3 Å². The molecule has 3 unspecified atom stereocenters. The van der Waals surface area contributed by atoms with Crippen molar-refractivity contribution < 1.29 is 28.5 Å². The summed E-state index contributed by atoms with van der Waals surface area (Å²) in [4.78, 5) is 24.4. The van der Waals surface area contributed by atoms with Gasteiger partial charge in [0.25, 0.3) is 0 Å². The van der Waals surface area contributed by atoms with Gasteiger partial charge in [0.1, 0.15) is 30.8 Å². The Balaban J connectivity index is 1.63. The van der Waals surface area contributed by atoms with Crippen molar-refractivity contribution >= 4 is 23.5 Å². The van der Waals surface area contributed by atoms with Crippen molar-refractivity contribution in [2.75, 3.05) is 6.61 Å². The van der Waals surface area contributed by atoms with Gasteiger partial charge in [0.2, 0.25) is 11.5 Å². The Labute approximate surface area is 169 Å². The highest BCUT2D eigenvalue weighted by atomic mass is 35.5. The molecule has 2 aliphatic rings. The van der Waals surface area contributed by atoms with Gasteiger partial charge >= 0.3 is 6.16 Å². The predicted octanol–water partition coefficient (Wildman–Crippen LogP) is 4.65. The summed E-state index contributed by atoms with van der Waals surface area (Å²) >= 11 is 6.18. The number of Topliss-reactive ketones (excluding diaryl/α,β-unsaturated/α-hetero) is 1. The third-order valence-electron chi connectivity index (χ3n) is 4.89. The Morgan fingerprint density at radius 1 is 1.32 bits per heavy atom. The number of halogens is 1. The van der Waals surface area contributed by atoms with Gasteiger partial charge in [-0.05, 0) is 49.9 Å². The van der Waals surface area contributed by atoms with Crippen LogP contribution in [0.25, 0.3) is 0 Å². The molecule has 1 aliphatic heterocycles. The molecule has 1 aliphatic carbocycles. The summed E-state index contributed by atoms with van der Waals surface area (Å²) in [5, 5.41) is 0.678. The van der Waals surface area contributed by atoms with Gasteiger partial charge in [0.15, 0.2) is 0 Å². The SMILES string of the molecule is C=CCOC(=O)OC1CCC2C(=O)C(Oc3cc(C)c(Cl)c(C)c3)=COC2C1. The average molecular weight is 407 g/mol. The van der Waals surface area contributed by atoms with Crippen LogP contribution in [0.4, 0.5) is 4.79 Å². The lowest BCUT2D eigenvalue weighted by Crippen LogP contribution is -2.43. The molecule has 7 heteroatoms. The first-order valence-electron chi connectivity index (χ1n) is 9.17. The second-order valence-corrected chi connectivity index (χ2v) is 7.38. The lowest BCUT2D eigenvalue weighted by atomic mass is 9.80. The molecular formula is C21H23ClO6. The topological polar surface area (TPSA) is 71.1 Å². The fourth-order valence-electron chi connectivity index (χ4n) is 3.50. The quantitative estimate of drug-likeness (QED) is 0.523. The zero-order chi connectivity index (χ0) is 20.3. The summed E-state index contributed by atoms with van der Waals surface area (Å²) in [5.74, 6) is 0.294. The molecular weight excluding hydrogens is 384 g/mol. The van der Waals surface area contributed by atoms with Gasteiger partial charge in [-0.1, -0.05) is 24.3 Å². The predicted molar refractivity (Wildman–Crippen MR) is 103 cm³/mol. The molecule has 1 aromatic carbocycles. The largest absolute Gasteiger partial charge is 0.508 e. The van der Waals surface area contributed by atoms with E-state index in [0.717, 1.165) is 11.1 Å². The molecule has 1 heterocycles. The van der Waals surface area contributed by atoms with Crippen molar-refractivity contribution in [2.45, 2.75) is 45.3 Å². The molecule has 3 rings (SSSR count). The van der Waals surface area contributed by atoms with E-state index in [9.17, 15) is 9.59 Å². The number of hydrogen-bond donors (Lipinski definition) is 0. The molecule has 0 spiro atoms. The van der Waals surface area contributed by atoms with Crippen LogP contribution in [0.2, 0.25) is 5.02 Å². The van der Waals surface area contributed by atoms with E-state index >= 15 is 0 Å². The molecule has 6 nitrogen and oxygen atoms in total. The smallest absolute Gasteiger partial charge is 0.493 e. The molecule has 0 N–H and O–H groups in total. The normalized spacial score (nSPS) is 23.8. The summed E-state index contributed by atoms with van der Waals surface area (Å²) in [6.45, 7) is 7.34. The van der Waals surface area contributed by atoms with Gasteiger partial charge in [-0.25, -0.2) is 4.79 Å². The Morgan fingerprint density at radius 3 is 2.71 bits per heavy atom. The third-order valence-corrected chi connectivity index (χ3v) is 5.49. The lowest BCUT2D eigenvalue weighted by Gasteiger charge is -2.36. The molecule has 1 fully saturated rings. The van der Waals surface area contributed by atoms with Crippen LogP contribution in [0.1, 0.15) is 30.4 Å². The molecule has 0 aromatic heterocycles. The second kappa shape index (κ2) is 8.69. The van der Waals surface area contributed by atoms with Crippen molar-refractivity contribution in [3.8, 4) is 5.75 Å². The first kappa shape index (κ1) is 20.3. The van der Waals surface area contributed by atoms with Crippen LogP contribution < -0.4 is 4.74 Å². The summed E-state index contributed by atoms with van der Waals surface area (Å²) in [6, 6.07) is 3.57. The van der Waals surface area contributed by atoms with Crippen LogP contribution in [0, 0.1) is 19.8 Å². The molecule has 0 radical (unpaired) electrons. The highest BCUT2D eigenvalue weighted by Crippen LogP contribution is 2.36. The zero-order valence-corrected chi connectivity index (χ0v) is 16.7. The maximum Gasteiger partial charge on any atom is 0.508 e. The van der Waals surface area contributed by atoms with Crippen molar-refractivity contribution in [1.82, 2.24) is 0 Å². The molecule has 28 heavy (non-hydrogen) atoms. The van der Waals surface area contributed by atoms with E-state index < -0.39 is 6.16 Å². The monoisotopic (exact) mass is 406 g/mol. The van der Waals surface area contributed by atoms with Crippen LogP contribution in [0.3, 0.4) is 0 Å². The molecule has 150 valence electrons. The van der Waals surface area contributed by atoms with E-state index in [1.165, 1.54) is 12.3 Å². The number of hydrogen-bond acceptors (Lipinski definition) is 6. The number of rotatable bonds is 5. The zero-order valence-electron chi connectivity index (χ0n) is 15.9. The summed E-state index contributed by atoms with van der Waals surface area (Å²) in [7, 11) is 0. The van der Waals surface area contributed by atoms with Gasteiger partial charge in [0, 0.05) is 11.4 Å². The van der Waals surface area contributed by atoms with Crippen molar-refractivity contribution in [2.24, 2.45) is 5.92 Å². The minimum Gasteiger partial charge on any atom is -0.493 e. The van der Waals surface area contributed by atoms with E-state index in [0.29, 0.717) is 30.0 Å². The fraction of sp³-hybridized carbons (Fsp3) is 0.429. The third kappa shape index (κ3) is 4.50. The number of aryl methyl sites for hydroxylation is 2. The Morgan fingerprint density at radius 2 is 2.04 bits per heavy atom. The van der Waals surface area contributed by atoms with Crippen molar-refractivity contribution in [3.63, 3.8) is 0 Å². The summed E-state index contributed by atoms with van der Waals surface area (Å²) in [6.07, 6.45) is 2.93. The highest BCUT2D eigenvalue weighted by Gasteiger charge is 2.42. The van der Waals surface area contributed by atoms with E-state index in [4.69, 9.17) is 30.5 Å². The van der Waals surface area contributed by atoms with Gasteiger partial charge < -0.3 is 18.9 Å². The molecule has 0 saturated heterocycles. The average Bonchev–Trinajstić information content (AvgIpc) is 2.66. The van der Waals surface area contributed by atoms with E-state index in [1.54, 1.807) is 12.1 Å². The molecule has 1 saturated carbocycles. The van der Waals surface area contributed by atoms with Crippen molar-refractivity contribution in [3.05, 3.63) is 53.0 Å². The van der Waals surface area contributed by atoms with E-state index in [1.807, 2.05) is 13.8 Å². The Bertz CT molecular complexity index is 792. The first-order chi connectivity index (χ1) is 13.4. The van der Waals surface area contributed by atoms with Crippen LogP contribution in [0.15, 0.2) is 36.8 Å². The van der Waals surface area contributed by atoms with Gasteiger partial charge in [-0.15, -0.1) is 0 Å². The minimum atomic E-state index is -0.737. The van der Waals surface area contributed by atoms with Gasteiger partial charge in [-0.2, -0.15) is 0 Å². The fourth-order valence-corrected chi connectivity index (χ4v) is 3.61. The standard InChI is InChI=1S/C21H23ClO6/c1-4-7-25-21(24)28-14-5-6-16-17(10-14)26-11-18(20(16)23)27-15-8-12(2)19(22)13(3)9-15/h4,8-9,11,14,16-17H,1,5-7,10H2,2-3H3. The molecule has 1 aromatic rings. The number of carbonyl (C=O) groups is 2. The number of carbonyl (C=O) groups excluding carboxylic acids is 2.